The number of ether oxygens (including phenoxy) is 4. The molecule has 2 aromatic carbocycles. The second-order valence-electron chi connectivity index (χ2n) is 6.21. The van der Waals surface area contributed by atoms with E-state index < -0.39 is 0 Å². The summed E-state index contributed by atoms with van der Waals surface area (Å²) < 4.78 is 21.9. The van der Waals surface area contributed by atoms with Crippen molar-refractivity contribution in [2.75, 3.05) is 42.0 Å². The highest BCUT2D eigenvalue weighted by atomic mass is 16.5. The van der Waals surface area contributed by atoms with Gasteiger partial charge in [-0.1, -0.05) is 6.07 Å². The minimum atomic E-state index is 0.708. The highest BCUT2D eigenvalue weighted by molar-refractivity contribution is 5.84. The van der Waals surface area contributed by atoms with Gasteiger partial charge in [0.15, 0.2) is 23.0 Å². The highest BCUT2D eigenvalue weighted by Gasteiger charge is 2.20. The Balaban J connectivity index is 2.18. The largest absolute Gasteiger partial charge is 0.493 e. The van der Waals surface area contributed by atoms with E-state index in [4.69, 9.17) is 18.9 Å². The molecule has 1 aliphatic rings. The van der Waals surface area contributed by atoms with Gasteiger partial charge in [-0.15, -0.1) is 0 Å². The zero-order valence-corrected chi connectivity index (χ0v) is 16.0. The first kappa shape index (κ1) is 18.0. The summed E-state index contributed by atoms with van der Waals surface area (Å²) in [4.78, 5) is 2.20. The van der Waals surface area contributed by atoms with Gasteiger partial charge in [0.2, 0.25) is 0 Å². The molecule has 1 heterocycles. The number of fused-ring (bicyclic) bond motifs is 1. The van der Waals surface area contributed by atoms with Crippen molar-refractivity contribution in [1.82, 2.24) is 4.90 Å². The van der Waals surface area contributed by atoms with Crippen molar-refractivity contribution >= 4 is 5.57 Å². The molecule has 0 atom stereocenters. The zero-order chi connectivity index (χ0) is 18.7. The quantitative estimate of drug-likeness (QED) is 0.820. The van der Waals surface area contributed by atoms with E-state index in [1.165, 1.54) is 5.56 Å². The van der Waals surface area contributed by atoms with Crippen molar-refractivity contribution < 1.29 is 18.9 Å². The van der Waals surface area contributed by atoms with Crippen LogP contribution >= 0.6 is 0 Å². The molecule has 5 heteroatoms. The lowest BCUT2D eigenvalue weighted by Gasteiger charge is -2.17. The van der Waals surface area contributed by atoms with Crippen molar-refractivity contribution in [1.29, 1.82) is 0 Å². The molecule has 0 saturated carbocycles. The van der Waals surface area contributed by atoms with Crippen molar-refractivity contribution in [3.05, 3.63) is 53.2 Å². The Bertz CT molecular complexity index is 829. The summed E-state index contributed by atoms with van der Waals surface area (Å²) in [6.07, 6.45) is 3.10. The van der Waals surface area contributed by atoms with Gasteiger partial charge < -0.3 is 23.8 Å². The molecule has 0 aliphatic carbocycles. The number of methoxy groups -OCH3 is 4. The summed E-state index contributed by atoms with van der Waals surface area (Å²) >= 11 is 0. The van der Waals surface area contributed by atoms with Crippen LogP contribution < -0.4 is 18.9 Å². The summed E-state index contributed by atoms with van der Waals surface area (Å²) in [6, 6.07) is 10.1. The summed E-state index contributed by atoms with van der Waals surface area (Å²) in [6.45, 7) is 0.930. The lowest BCUT2D eigenvalue weighted by molar-refractivity contribution is 0.354. The van der Waals surface area contributed by atoms with E-state index in [2.05, 4.69) is 30.3 Å². The average Bonchev–Trinajstić information content (AvgIpc) is 2.84. The lowest BCUT2D eigenvalue weighted by atomic mass is 9.93. The highest BCUT2D eigenvalue weighted by Crippen LogP contribution is 2.39. The molecule has 0 bridgehead atoms. The zero-order valence-electron chi connectivity index (χ0n) is 16.0. The van der Waals surface area contributed by atoms with Gasteiger partial charge in [0.1, 0.15) is 0 Å². The molecule has 3 rings (SSSR count). The SMILES string of the molecule is COc1ccc(C2=CN(C)CCc3cc(OC)c(OC)cc32)cc1OC. The molecule has 5 nitrogen and oxygen atoms in total. The fourth-order valence-corrected chi connectivity index (χ4v) is 3.26. The standard InChI is InChI=1S/C21H25NO4/c1-22-9-8-15-11-20(25-4)21(26-5)12-16(15)17(13-22)14-6-7-18(23-2)19(10-14)24-3/h6-7,10-13H,8-9H2,1-5H3. The molecule has 138 valence electrons. The Morgan fingerprint density at radius 2 is 1.38 bits per heavy atom. The maximum atomic E-state index is 5.53. The molecule has 1 aliphatic heterocycles. The van der Waals surface area contributed by atoms with E-state index in [0.717, 1.165) is 41.2 Å². The van der Waals surface area contributed by atoms with Gasteiger partial charge in [0.05, 0.1) is 28.4 Å². The molecule has 0 aromatic heterocycles. The van der Waals surface area contributed by atoms with Crippen LogP contribution in [0.3, 0.4) is 0 Å². The van der Waals surface area contributed by atoms with Crippen LogP contribution in [0.15, 0.2) is 36.5 Å². The fraction of sp³-hybridized carbons (Fsp3) is 0.333. The summed E-state index contributed by atoms with van der Waals surface area (Å²) in [5.41, 5.74) is 4.54. The van der Waals surface area contributed by atoms with Gasteiger partial charge in [-0.2, -0.15) is 0 Å². The summed E-state index contributed by atoms with van der Waals surface area (Å²) in [5.74, 6) is 2.90. The van der Waals surface area contributed by atoms with Crippen molar-refractivity contribution in [2.24, 2.45) is 0 Å². The van der Waals surface area contributed by atoms with Gasteiger partial charge in [-0.3, -0.25) is 0 Å². The number of rotatable bonds is 5. The van der Waals surface area contributed by atoms with Crippen LogP contribution in [0.2, 0.25) is 0 Å². The molecule has 0 radical (unpaired) electrons. The van der Waals surface area contributed by atoms with Gasteiger partial charge in [-0.05, 0) is 47.4 Å². The van der Waals surface area contributed by atoms with Crippen LogP contribution in [-0.2, 0) is 6.42 Å². The number of hydrogen-bond donors (Lipinski definition) is 0. The lowest BCUT2D eigenvalue weighted by Crippen LogP contribution is -2.12. The number of likely N-dealkylation sites (N-methyl/N-ethyl adjacent to an activating group) is 1. The third-order valence-electron chi connectivity index (χ3n) is 4.68. The van der Waals surface area contributed by atoms with E-state index >= 15 is 0 Å². The third-order valence-corrected chi connectivity index (χ3v) is 4.68. The van der Waals surface area contributed by atoms with Crippen LogP contribution in [0.5, 0.6) is 23.0 Å². The second-order valence-corrected chi connectivity index (χ2v) is 6.21. The van der Waals surface area contributed by atoms with E-state index in [9.17, 15) is 0 Å². The third kappa shape index (κ3) is 3.29. The molecule has 0 spiro atoms. The topological polar surface area (TPSA) is 40.2 Å². The Labute approximate surface area is 154 Å². The van der Waals surface area contributed by atoms with E-state index in [0.29, 0.717) is 11.5 Å². The Hall–Kier alpha value is -2.82. The summed E-state index contributed by atoms with van der Waals surface area (Å²) in [5, 5.41) is 0. The molecule has 0 saturated heterocycles. The van der Waals surface area contributed by atoms with Crippen LogP contribution in [0, 0.1) is 0 Å². The van der Waals surface area contributed by atoms with Gasteiger partial charge in [0.25, 0.3) is 0 Å². The molecular weight excluding hydrogens is 330 g/mol. The Morgan fingerprint density at radius 1 is 0.769 bits per heavy atom. The van der Waals surface area contributed by atoms with Gasteiger partial charge in [-0.25, -0.2) is 0 Å². The molecule has 0 N–H and O–H groups in total. The first-order chi connectivity index (χ1) is 12.6. The molecule has 0 unspecified atom stereocenters. The van der Waals surface area contributed by atoms with E-state index in [1.807, 2.05) is 18.2 Å². The Morgan fingerprint density at radius 3 is 2.04 bits per heavy atom. The van der Waals surface area contributed by atoms with Crippen LogP contribution in [0.1, 0.15) is 16.7 Å². The number of benzene rings is 2. The van der Waals surface area contributed by atoms with Crippen LogP contribution in [0.4, 0.5) is 0 Å². The van der Waals surface area contributed by atoms with E-state index in [-0.39, 0.29) is 0 Å². The maximum absolute atomic E-state index is 5.53. The molecular formula is C21H25NO4. The fourth-order valence-electron chi connectivity index (χ4n) is 3.26. The first-order valence-corrected chi connectivity index (χ1v) is 8.51. The first-order valence-electron chi connectivity index (χ1n) is 8.51. The van der Waals surface area contributed by atoms with Crippen LogP contribution in [0.25, 0.3) is 5.57 Å². The molecule has 26 heavy (non-hydrogen) atoms. The van der Waals surface area contributed by atoms with Crippen molar-refractivity contribution in [2.45, 2.75) is 6.42 Å². The summed E-state index contributed by atoms with van der Waals surface area (Å²) in [7, 11) is 8.70. The Kier molecular flexibility index (Phi) is 5.26. The maximum Gasteiger partial charge on any atom is 0.161 e. The smallest absolute Gasteiger partial charge is 0.161 e. The molecule has 2 aromatic rings. The van der Waals surface area contributed by atoms with Gasteiger partial charge in [0, 0.05) is 25.4 Å². The predicted molar refractivity (Wildman–Crippen MR) is 103 cm³/mol. The monoisotopic (exact) mass is 355 g/mol. The van der Waals surface area contributed by atoms with E-state index in [1.54, 1.807) is 28.4 Å². The number of nitrogens with zero attached hydrogens (tertiary/aromatic N) is 1. The van der Waals surface area contributed by atoms with Crippen molar-refractivity contribution in [3.8, 4) is 23.0 Å². The normalized spacial score (nSPS) is 13.4. The van der Waals surface area contributed by atoms with Crippen LogP contribution in [-0.4, -0.2) is 46.9 Å². The van der Waals surface area contributed by atoms with Gasteiger partial charge >= 0.3 is 0 Å². The average molecular weight is 355 g/mol. The molecule has 0 fully saturated rings. The minimum absolute atomic E-state index is 0.708. The van der Waals surface area contributed by atoms with Crippen molar-refractivity contribution in [3.63, 3.8) is 0 Å². The minimum Gasteiger partial charge on any atom is -0.493 e. The second kappa shape index (κ2) is 7.60. The number of hydrogen-bond acceptors (Lipinski definition) is 5. The predicted octanol–water partition coefficient (Wildman–Crippen LogP) is 3.60. The molecule has 0 amide bonds.